The molecule has 1 amide bonds. The van der Waals surface area contributed by atoms with Crippen LogP contribution in [-0.4, -0.2) is 64.0 Å². The number of guanidine groups is 1. The number of carbonyl (C=O) groups excluding carboxylic acids is 1. The Morgan fingerprint density at radius 3 is 2.24 bits per heavy atom. The van der Waals surface area contributed by atoms with Crippen molar-refractivity contribution in [2.24, 2.45) is 22.4 Å². The van der Waals surface area contributed by atoms with Crippen LogP contribution in [0.4, 0.5) is 0 Å². The standard InChI is InChI=1S/C30H53N5O6S/c1-10-39-28(40-11-2)24(17-18(3)4)34-27(36)23(13-12-16-33-29(31)32)35-42(37,38)26-20(6)19(5)25-22(21(26)7)14-15-30(8,9)41-25/h18,23-24,28,35H,10-17H2,1-9H3,(H,34,36)(H4,31,32,33)/t23-,24+/m1/s1. The monoisotopic (exact) mass is 611 g/mol. The molecule has 0 bridgehead atoms. The van der Waals surface area contributed by atoms with Crippen LogP contribution in [0.5, 0.6) is 5.75 Å². The highest BCUT2D eigenvalue weighted by molar-refractivity contribution is 7.89. The Hall–Kier alpha value is -2.41. The fraction of sp³-hybridized carbons (Fsp3) is 0.733. The third-order valence-electron chi connectivity index (χ3n) is 7.54. The van der Waals surface area contributed by atoms with Crippen LogP contribution >= 0.6 is 0 Å². The zero-order chi connectivity index (χ0) is 31.8. The van der Waals surface area contributed by atoms with Crippen molar-refractivity contribution < 1.29 is 27.4 Å². The van der Waals surface area contributed by atoms with E-state index >= 15 is 0 Å². The summed E-state index contributed by atoms with van der Waals surface area (Å²) in [7, 11) is -4.12. The highest BCUT2D eigenvalue weighted by atomic mass is 32.2. The SMILES string of the molecule is CCOC(OCC)[C@H](CC(C)C)NC(=O)[C@@H](CCCN=C(N)N)NS(=O)(=O)c1c(C)c(C)c2c(c1C)CCC(C)(C)O2. The summed E-state index contributed by atoms with van der Waals surface area (Å²) in [5, 5.41) is 3.02. The molecule has 0 unspecified atom stereocenters. The molecule has 0 aliphatic carbocycles. The lowest BCUT2D eigenvalue weighted by Gasteiger charge is -2.36. The van der Waals surface area contributed by atoms with Gasteiger partial charge in [0, 0.05) is 19.8 Å². The van der Waals surface area contributed by atoms with Crippen LogP contribution in [0.1, 0.15) is 89.5 Å². The molecule has 1 aromatic carbocycles. The number of benzene rings is 1. The van der Waals surface area contributed by atoms with E-state index < -0.39 is 34.3 Å². The maximum absolute atomic E-state index is 14.0. The quantitative estimate of drug-likeness (QED) is 0.0955. The Labute approximate surface area is 252 Å². The molecule has 240 valence electrons. The summed E-state index contributed by atoms with van der Waals surface area (Å²) in [6.07, 6.45) is 1.96. The number of aliphatic imine (C=N–C) groups is 1. The molecule has 1 aliphatic rings. The normalized spacial score (nSPS) is 16.1. The van der Waals surface area contributed by atoms with E-state index in [0.717, 1.165) is 23.3 Å². The van der Waals surface area contributed by atoms with Gasteiger partial charge in [-0.3, -0.25) is 9.79 Å². The van der Waals surface area contributed by atoms with Gasteiger partial charge in [-0.05, 0) is 109 Å². The van der Waals surface area contributed by atoms with E-state index in [-0.39, 0.29) is 35.3 Å². The van der Waals surface area contributed by atoms with Gasteiger partial charge in [0.05, 0.1) is 10.9 Å². The molecular weight excluding hydrogens is 558 g/mol. The van der Waals surface area contributed by atoms with Gasteiger partial charge in [0.15, 0.2) is 12.2 Å². The Balaban J connectivity index is 2.47. The number of amides is 1. The lowest BCUT2D eigenvalue weighted by Crippen LogP contribution is -2.54. The number of nitrogens with zero attached hydrogens (tertiary/aromatic N) is 1. The van der Waals surface area contributed by atoms with Gasteiger partial charge in [-0.15, -0.1) is 0 Å². The molecule has 0 spiro atoms. The van der Waals surface area contributed by atoms with Crippen LogP contribution in [-0.2, 0) is 30.7 Å². The highest BCUT2D eigenvalue weighted by Crippen LogP contribution is 2.42. The van der Waals surface area contributed by atoms with E-state index in [1.165, 1.54) is 0 Å². The molecule has 12 heteroatoms. The number of fused-ring (bicyclic) bond motifs is 1. The van der Waals surface area contributed by atoms with Gasteiger partial charge in [-0.1, -0.05) is 13.8 Å². The van der Waals surface area contributed by atoms with Crippen molar-refractivity contribution >= 4 is 21.9 Å². The second kappa shape index (κ2) is 15.4. The van der Waals surface area contributed by atoms with E-state index in [1.807, 2.05) is 55.4 Å². The van der Waals surface area contributed by atoms with Crippen LogP contribution in [0.15, 0.2) is 9.89 Å². The van der Waals surface area contributed by atoms with Crippen LogP contribution in [0.2, 0.25) is 0 Å². The lowest BCUT2D eigenvalue weighted by molar-refractivity contribution is -0.161. The molecule has 1 aliphatic heterocycles. The molecule has 11 nitrogen and oxygen atoms in total. The lowest BCUT2D eigenvalue weighted by atomic mass is 9.88. The topological polar surface area (TPSA) is 167 Å². The van der Waals surface area contributed by atoms with Gasteiger partial charge < -0.3 is 31.0 Å². The van der Waals surface area contributed by atoms with Crippen molar-refractivity contribution in [3.05, 3.63) is 22.3 Å². The number of ether oxygens (including phenoxy) is 3. The predicted octanol–water partition coefficient (Wildman–Crippen LogP) is 3.35. The summed E-state index contributed by atoms with van der Waals surface area (Å²) in [6.45, 7) is 18.4. The van der Waals surface area contributed by atoms with Gasteiger partial charge >= 0.3 is 0 Å². The first-order chi connectivity index (χ1) is 19.5. The smallest absolute Gasteiger partial charge is 0.241 e. The molecule has 1 aromatic rings. The zero-order valence-corrected chi connectivity index (χ0v) is 27.7. The van der Waals surface area contributed by atoms with Gasteiger partial charge in [0.1, 0.15) is 17.4 Å². The van der Waals surface area contributed by atoms with Crippen molar-refractivity contribution in [1.82, 2.24) is 10.0 Å². The number of rotatable bonds is 16. The molecule has 0 fully saturated rings. The van der Waals surface area contributed by atoms with E-state index in [2.05, 4.69) is 15.0 Å². The third-order valence-corrected chi connectivity index (χ3v) is 9.28. The van der Waals surface area contributed by atoms with Crippen molar-refractivity contribution in [3.63, 3.8) is 0 Å². The number of hydrogen-bond acceptors (Lipinski definition) is 7. The molecule has 1 heterocycles. The predicted molar refractivity (Wildman–Crippen MR) is 166 cm³/mol. The van der Waals surface area contributed by atoms with E-state index in [1.54, 1.807) is 6.92 Å². The summed E-state index contributed by atoms with van der Waals surface area (Å²) in [5.74, 6) is 0.451. The van der Waals surface area contributed by atoms with Crippen LogP contribution < -0.4 is 26.2 Å². The maximum atomic E-state index is 14.0. The average molecular weight is 612 g/mol. The zero-order valence-electron chi connectivity index (χ0n) is 26.9. The van der Waals surface area contributed by atoms with Gasteiger partial charge in [0.2, 0.25) is 15.9 Å². The minimum absolute atomic E-state index is 0.0639. The summed E-state index contributed by atoms with van der Waals surface area (Å²) >= 11 is 0. The Bertz CT molecular complexity index is 1210. The van der Waals surface area contributed by atoms with Crippen molar-refractivity contribution in [2.45, 2.75) is 123 Å². The first-order valence-corrected chi connectivity index (χ1v) is 16.5. The highest BCUT2D eigenvalue weighted by Gasteiger charge is 2.36. The Morgan fingerprint density at radius 1 is 1.07 bits per heavy atom. The van der Waals surface area contributed by atoms with Gasteiger partial charge in [-0.25, -0.2) is 8.42 Å². The first kappa shape index (κ1) is 35.8. The molecule has 0 radical (unpaired) electrons. The molecule has 6 N–H and O–H groups in total. The second-order valence-corrected chi connectivity index (χ2v) is 13.7. The number of nitrogens with two attached hydrogens (primary N) is 2. The van der Waals surface area contributed by atoms with Crippen molar-refractivity contribution in [3.8, 4) is 5.75 Å². The van der Waals surface area contributed by atoms with Crippen LogP contribution in [0.25, 0.3) is 0 Å². The summed E-state index contributed by atoms with van der Waals surface area (Å²) in [6, 6.07) is -1.55. The minimum Gasteiger partial charge on any atom is -0.487 e. The fourth-order valence-corrected chi connectivity index (χ4v) is 7.18. The van der Waals surface area contributed by atoms with E-state index in [4.69, 9.17) is 25.7 Å². The Kier molecular flexibility index (Phi) is 13.1. The molecule has 2 atom stereocenters. The average Bonchev–Trinajstić information content (AvgIpc) is 2.87. The van der Waals surface area contributed by atoms with Crippen LogP contribution in [0, 0.1) is 26.7 Å². The summed E-state index contributed by atoms with van der Waals surface area (Å²) < 4.78 is 48.7. The second-order valence-electron chi connectivity index (χ2n) is 12.0. The van der Waals surface area contributed by atoms with Gasteiger partial charge in [-0.2, -0.15) is 4.72 Å². The number of nitrogens with one attached hydrogen (secondary N) is 2. The third kappa shape index (κ3) is 9.55. The van der Waals surface area contributed by atoms with E-state index in [0.29, 0.717) is 43.6 Å². The molecule has 2 rings (SSSR count). The van der Waals surface area contributed by atoms with Crippen molar-refractivity contribution in [2.75, 3.05) is 19.8 Å². The number of hydrogen-bond donors (Lipinski definition) is 4. The van der Waals surface area contributed by atoms with Gasteiger partial charge in [0.25, 0.3) is 0 Å². The molecule has 0 saturated carbocycles. The Morgan fingerprint density at radius 2 is 1.69 bits per heavy atom. The summed E-state index contributed by atoms with van der Waals surface area (Å²) in [5.41, 5.74) is 13.5. The van der Waals surface area contributed by atoms with Crippen molar-refractivity contribution in [1.29, 1.82) is 0 Å². The first-order valence-electron chi connectivity index (χ1n) is 15.0. The largest absolute Gasteiger partial charge is 0.487 e. The molecule has 0 saturated heterocycles. The minimum atomic E-state index is -4.12. The van der Waals surface area contributed by atoms with Crippen LogP contribution in [0.3, 0.4) is 0 Å². The number of carbonyl (C=O) groups is 1. The molecule has 42 heavy (non-hydrogen) atoms. The molecular formula is C30H53N5O6S. The maximum Gasteiger partial charge on any atom is 0.241 e. The summed E-state index contributed by atoms with van der Waals surface area (Å²) in [4.78, 5) is 18.0. The fourth-order valence-electron chi connectivity index (χ4n) is 5.38. The van der Waals surface area contributed by atoms with E-state index in [9.17, 15) is 13.2 Å². The number of sulfonamides is 1. The molecule has 0 aromatic heterocycles.